The number of hydrogen-bond donors (Lipinski definition) is 1. The van der Waals surface area contributed by atoms with Crippen molar-refractivity contribution in [2.75, 3.05) is 13.1 Å². The van der Waals surface area contributed by atoms with Gasteiger partial charge in [-0.1, -0.05) is 54.4 Å². The summed E-state index contributed by atoms with van der Waals surface area (Å²) >= 11 is 0. The van der Waals surface area contributed by atoms with E-state index < -0.39 is 0 Å². The van der Waals surface area contributed by atoms with Crippen molar-refractivity contribution in [1.82, 2.24) is 5.32 Å². The summed E-state index contributed by atoms with van der Waals surface area (Å²) in [5, 5.41) is 3.69. The highest BCUT2D eigenvalue weighted by atomic mass is 14.9. The Morgan fingerprint density at radius 1 is 1.05 bits per heavy atom. The molecule has 0 aromatic carbocycles. The van der Waals surface area contributed by atoms with Crippen LogP contribution in [-0.2, 0) is 0 Å². The molecule has 126 valence electrons. The molecule has 0 saturated heterocycles. The Balaban J connectivity index is 2.60. The SMILES string of the molecule is CCCNCC1CCC(C(C)(C)C)CC1CC(C)CCC. The Kier molecular flexibility index (Phi) is 8.31. The van der Waals surface area contributed by atoms with Gasteiger partial charge in [0.05, 0.1) is 0 Å². The molecule has 0 radical (unpaired) electrons. The highest BCUT2D eigenvalue weighted by Gasteiger charge is 2.35. The number of hydrogen-bond acceptors (Lipinski definition) is 1. The lowest BCUT2D eigenvalue weighted by Crippen LogP contribution is -2.37. The van der Waals surface area contributed by atoms with Gasteiger partial charge in [-0.2, -0.15) is 0 Å². The van der Waals surface area contributed by atoms with Gasteiger partial charge in [0, 0.05) is 0 Å². The maximum atomic E-state index is 3.69. The van der Waals surface area contributed by atoms with Crippen LogP contribution in [0.3, 0.4) is 0 Å². The van der Waals surface area contributed by atoms with Crippen molar-refractivity contribution in [3.05, 3.63) is 0 Å². The topological polar surface area (TPSA) is 12.0 Å². The third-order valence-corrected chi connectivity index (χ3v) is 5.68. The van der Waals surface area contributed by atoms with E-state index in [-0.39, 0.29) is 0 Å². The fraction of sp³-hybridized carbons (Fsp3) is 1.00. The maximum absolute atomic E-state index is 3.69. The van der Waals surface area contributed by atoms with E-state index in [4.69, 9.17) is 0 Å². The van der Waals surface area contributed by atoms with E-state index in [2.05, 4.69) is 46.9 Å². The third kappa shape index (κ3) is 6.72. The molecule has 0 aromatic heterocycles. The molecule has 1 aliphatic rings. The van der Waals surface area contributed by atoms with Crippen molar-refractivity contribution >= 4 is 0 Å². The first-order valence-corrected chi connectivity index (χ1v) is 9.59. The summed E-state index contributed by atoms with van der Waals surface area (Å²) < 4.78 is 0. The van der Waals surface area contributed by atoms with Crippen molar-refractivity contribution in [2.45, 2.75) is 86.5 Å². The van der Waals surface area contributed by atoms with Crippen molar-refractivity contribution in [3.8, 4) is 0 Å². The van der Waals surface area contributed by atoms with Crippen molar-refractivity contribution in [2.24, 2.45) is 29.1 Å². The van der Waals surface area contributed by atoms with Crippen LogP contribution in [0.5, 0.6) is 0 Å². The van der Waals surface area contributed by atoms with Crippen LogP contribution in [0.2, 0.25) is 0 Å². The summed E-state index contributed by atoms with van der Waals surface area (Å²) in [5.74, 6) is 3.72. The quantitative estimate of drug-likeness (QED) is 0.550. The monoisotopic (exact) mass is 295 g/mol. The minimum absolute atomic E-state index is 0.494. The lowest BCUT2D eigenvalue weighted by Gasteiger charge is -2.43. The van der Waals surface area contributed by atoms with E-state index in [1.54, 1.807) is 0 Å². The van der Waals surface area contributed by atoms with E-state index in [1.807, 2.05) is 0 Å². The molecule has 21 heavy (non-hydrogen) atoms. The van der Waals surface area contributed by atoms with Gasteiger partial charge in [-0.15, -0.1) is 0 Å². The molecule has 1 rings (SSSR count). The molecular weight excluding hydrogens is 254 g/mol. The second-order valence-corrected chi connectivity index (χ2v) is 8.73. The van der Waals surface area contributed by atoms with Crippen LogP contribution in [0.15, 0.2) is 0 Å². The van der Waals surface area contributed by atoms with E-state index in [0.717, 1.165) is 23.7 Å². The molecular formula is C20H41N. The first kappa shape index (κ1) is 19.0. The van der Waals surface area contributed by atoms with E-state index >= 15 is 0 Å². The predicted octanol–water partition coefficient (Wildman–Crippen LogP) is 5.89. The second kappa shape index (κ2) is 9.18. The normalized spacial score (nSPS) is 28.6. The highest BCUT2D eigenvalue weighted by molar-refractivity contribution is 4.87. The van der Waals surface area contributed by atoms with Gasteiger partial charge in [0.15, 0.2) is 0 Å². The molecule has 0 spiro atoms. The Labute approximate surface area is 134 Å². The standard InChI is InChI=1S/C20H41N/c1-7-9-16(3)13-18-14-19(20(4,5)6)11-10-17(18)15-21-12-8-2/h16-19,21H,7-15H2,1-6H3. The van der Waals surface area contributed by atoms with Gasteiger partial charge in [0.2, 0.25) is 0 Å². The molecule has 1 nitrogen and oxygen atoms in total. The minimum atomic E-state index is 0.494. The van der Waals surface area contributed by atoms with E-state index in [9.17, 15) is 0 Å². The van der Waals surface area contributed by atoms with Crippen molar-refractivity contribution in [1.29, 1.82) is 0 Å². The van der Waals surface area contributed by atoms with Gasteiger partial charge in [-0.05, 0) is 74.3 Å². The highest BCUT2D eigenvalue weighted by Crippen LogP contribution is 2.44. The average Bonchev–Trinajstić information content (AvgIpc) is 2.39. The molecule has 0 aromatic rings. The van der Waals surface area contributed by atoms with E-state index in [0.29, 0.717) is 5.41 Å². The van der Waals surface area contributed by atoms with Gasteiger partial charge in [0.25, 0.3) is 0 Å². The van der Waals surface area contributed by atoms with Gasteiger partial charge < -0.3 is 5.32 Å². The van der Waals surface area contributed by atoms with Crippen LogP contribution < -0.4 is 5.32 Å². The lowest BCUT2D eigenvalue weighted by atomic mass is 9.64. The zero-order valence-electron chi connectivity index (χ0n) is 15.7. The second-order valence-electron chi connectivity index (χ2n) is 8.73. The summed E-state index contributed by atoms with van der Waals surface area (Å²) in [7, 11) is 0. The largest absolute Gasteiger partial charge is 0.316 e. The fourth-order valence-corrected chi connectivity index (χ4v) is 4.26. The molecule has 0 amide bonds. The van der Waals surface area contributed by atoms with Crippen LogP contribution in [0.1, 0.15) is 86.5 Å². The zero-order valence-corrected chi connectivity index (χ0v) is 15.7. The average molecular weight is 296 g/mol. The first-order chi connectivity index (χ1) is 9.88. The van der Waals surface area contributed by atoms with Crippen molar-refractivity contribution in [3.63, 3.8) is 0 Å². The zero-order chi connectivity index (χ0) is 15.9. The molecule has 1 aliphatic carbocycles. The van der Waals surface area contributed by atoms with Crippen LogP contribution in [0.4, 0.5) is 0 Å². The summed E-state index contributed by atoms with van der Waals surface area (Å²) in [4.78, 5) is 0. The molecule has 1 saturated carbocycles. The van der Waals surface area contributed by atoms with Gasteiger partial charge >= 0.3 is 0 Å². The van der Waals surface area contributed by atoms with Gasteiger partial charge in [-0.3, -0.25) is 0 Å². The Hall–Kier alpha value is -0.0400. The summed E-state index contributed by atoms with van der Waals surface area (Å²) in [5.41, 5.74) is 0.494. The molecule has 4 unspecified atom stereocenters. The van der Waals surface area contributed by atoms with Crippen molar-refractivity contribution < 1.29 is 0 Å². The van der Waals surface area contributed by atoms with Gasteiger partial charge in [0.1, 0.15) is 0 Å². The predicted molar refractivity (Wildman–Crippen MR) is 95.6 cm³/mol. The summed E-state index contributed by atoms with van der Waals surface area (Å²) in [6.45, 7) is 16.9. The maximum Gasteiger partial charge on any atom is -0.00179 e. The van der Waals surface area contributed by atoms with E-state index in [1.165, 1.54) is 58.0 Å². The molecule has 0 heterocycles. The lowest BCUT2D eigenvalue weighted by molar-refractivity contribution is 0.0834. The van der Waals surface area contributed by atoms with Crippen LogP contribution in [0.25, 0.3) is 0 Å². The van der Waals surface area contributed by atoms with Gasteiger partial charge in [-0.25, -0.2) is 0 Å². The van der Waals surface area contributed by atoms with Crippen LogP contribution >= 0.6 is 0 Å². The smallest absolute Gasteiger partial charge is 0.00179 e. The van der Waals surface area contributed by atoms with Crippen LogP contribution in [0, 0.1) is 29.1 Å². The summed E-state index contributed by atoms with van der Waals surface area (Å²) in [6.07, 6.45) is 9.83. The molecule has 0 aliphatic heterocycles. The fourth-order valence-electron chi connectivity index (χ4n) is 4.26. The van der Waals surface area contributed by atoms with Crippen LogP contribution in [-0.4, -0.2) is 13.1 Å². The summed E-state index contributed by atoms with van der Waals surface area (Å²) in [6, 6.07) is 0. The Bertz CT molecular complexity index is 266. The molecule has 0 bridgehead atoms. The number of rotatable bonds is 8. The Morgan fingerprint density at radius 2 is 1.76 bits per heavy atom. The first-order valence-electron chi connectivity index (χ1n) is 9.59. The number of nitrogens with one attached hydrogen (secondary N) is 1. The molecule has 1 fully saturated rings. The third-order valence-electron chi connectivity index (χ3n) is 5.68. The minimum Gasteiger partial charge on any atom is -0.316 e. The molecule has 1 heteroatoms. The Morgan fingerprint density at radius 3 is 2.33 bits per heavy atom. The molecule has 1 N–H and O–H groups in total. The molecule has 4 atom stereocenters.